The van der Waals surface area contributed by atoms with Crippen molar-refractivity contribution in [1.82, 2.24) is 0 Å². The van der Waals surface area contributed by atoms with Crippen LogP contribution in [0.1, 0.15) is 17.5 Å². The predicted octanol–water partition coefficient (Wildman–Crippen LogP) is 3.72. The van der Waals surface area contributed by atoms with Crippen LogP contribution in [0.3, 0.4) is 0 Å². The first-order valence-electron chi connectivity index (χ1n) is 7.40. The second kappa shape index (κ2) is 7.66. The van der Waals surface area contributed by atoms with Crippen LogP contribution in [0.25, 0.3) is 11.1 Å². The predicted molar refractivity (Wildman–Crippen MR) is 89.4 cm³/mol. The van der Waals surface area contributed by atoms with Gasteiger partial charge in [0.25, 0.3) is 0 Å². The number of aliphatic hydroxyl groups excluding tert-OH is 1. The molecular formula is C19H22O3. The Bertz CT molecular complexity index is 647. The summed E-state index contributed by atoms with van der Waals surface area (Å²) in [7, 11) is 1.65. The Morgan fingerprint density at radius 3 is 2.68 bits per heavy atom. The van der Waals surface area contributed by atoms with Crippen molar-refractivity contribution in [2.24, 2.45) is 0 Å². The second-order valence-electron chi connectivity index (χ2n) is 5.20. The highest BCUT2D eigenvalue weighted by Gasteiger charge is 2.09. The summed E-state index contributed by atoms with van der Waals surface area (Å²) >= 11 is 0. The lowest BCUT2D eigenvalue weighted by Gasteiger charge is -2.12. The van der Waals surface area contributed by atoms with Crippen molar-refractivity contribution in [2.45, 2.75) is 19.3 Å². The van der Waals surface area contributed by atoms with Gasteiger partial charge in [-0.15, -0.1) is 6.58 Å². The molecule has 0 fully saturated rings. The van der Waals surface area contributed by atoms with E-state index in [1.807, 2.05) is 36.4 Å². The zero-order chi connectivity index (χ0) is 15.9. The van der Waals surface area contributed by atoms with Crippen LogP contribution in [0.15, 0.2) is 49.1 Å². The zero-order valence-electron chi connectivity index (χ0n) is 12.9. The molecule has 22 heavy (non-hydrogen) atoms. The van der Waals surface area contributed by atoms with Crippen molar-refractivity contribution in [3.8, 4) is 22.6 Å². The van der Waals surface area contributed by atoms with Gasteiger partial charge in [0.05, 0.1) is 7.11 Å². The number of hydrogen-bond donors (Lipinski definition) is 2. The van der Waals surface area contributed by atoms with Gasteiger partial charge in [0.1, 0.15) is 11.5 Å². The first kappa shape index (κ1) is 16.1. The minimum absolute atomic E-state index is 0.169. The van der Waals surface area contributed by atoms with Crippen molar-refractivity contribution in [1.29, 1.82) is 0 Å². The Hall–Kier alpha value is -2.26. The molecule has 0 aliphatic rings. The van der Waals surface area contributed by atoms with Crippen LogP contribution in [-0.2, 0) is 12.8 Å². The van der Waals surface area contributed by atoms with Gasteiger partial charge in [-0.2, -0.15) is 0 Å². The lowest BCUT2D eigenvalue weighted by molar-refractivity contribution is 0.288. The summed E-state index contributed by atoms with van der Waals surface area (Å²) in [4.78, 5) is 0. The normalized spacial score (nSPS) is 10.5. The maximum atomic E-state index is 10.2. The first-order chi connectivity index (χ1) is 10.7. The van der Waals surface area contributed by atoms with E-state index >= 15 is 0 Å². The van der Waals surface area contributed by atoms with Crippen molar-refractivity contribution in [3.63, 3.8) is 0 Å². The third-order valence-electron chi connectivity index (χ3n) is 3.64. The molecule has 0 heterocycles. The molecule has 2 N–H and O–H groups in total. The third-order valence-corrected chi connectivity index (χ3v) is 3.64. The fraction of sp³-hybridized carbons (Fsp3) is 0.263. The smallest absolute Gasteiger partial charge is 0.123 e. The van der Waals surface area contributed by atoms with Crippen molar-refractivity contribution < 1.29 is 14.9 Å². The van der Waals surface area contributed by atoms with Crippen LogP contribution in [0, 0.1) is 0 Å². The van der Waals surface area contributed by atoms with Crippen molar-refractivity contribution >= 4 is 0 Å². The molecule has 2 rings (SSSR count). The number of aliphatic hydroxyl groups is 1. The van der Waals surface area contributed by atoms with Gasteiger partial charge in [-0.25, -0.2) is 0 Å². The highest BCUT2D eigenvalue weighted by Crippen LogP contribution is 2.33. The summed E-state index contributed by atoms with van der Waals surface area (Å²) in [5, 5.41) is 19.1. The molecule has 0 aliphatic carbocycles. The SMILES string of the molecule is C=CCc1cc(-c2cc(CCCO)ccc2O)ccc1OC. The fourth-order valence-electron chi connectivity index (χ4n) is 2.51. The largest absolute Gasteiger partial charge is 0.507 e. The lowest BCUT2D eigenvalue weighted by atomic mass is 9.97. The minimum Gasteiger partial charge on any atom is -0.507 e. The fourth-order valence-corrected chi connectivity index (χ4v) is 2.51. The first-order valence-corrected chi connectivity index (χ1v) is 7.40. The number of phenolic OH excluding ortho intramolecular Hbond substituents is 1. The maximum Gasteiger partial charge on any atom is 0.123 e. The molecule has 116 valence electrons. The molecule has 0 saturated heterocycles. The maximum absolute atomic E-state index is 10.2. The van der Waals surface area contributed by atoms with Gasteiger partial charge in [-0.3, -0.25) is 0 Å². The van der Waals surface area contributed by atoms with Crippen molar-refractivity contribution in [3.05, 3.63) is 60.2 Å². The van der Waals surface area contributed by atoms with Crippen LogP contribution in [-0.4, -0.2) is 23.9 Å². The van der Waals surface area contributed by atoms with Crippen LogP contribution in [0.4, 0.5) is 0 Å². The summed E-state index contributed by atoms with van der Waals surface area (Å²) in [6, 6.07) is 11.4. The van der Waals surface area contributed by atoms with Crippen molar-refractivity contribution in [2.75, 3.05) is 13.7 Å². The number of ether oxygens (including phenoxy) is 1. The van der Waals surface area contributed by atoms with Crippen LogP contribution in [0.2, 0.25) is 0 Å². The number of rotatable bonds is 7. The van der Waals surface area contributed by atoms with Gasteiger partial charge < -0.3 is 14.9 Å². The number of methoxy groups -OCH3 is 1. The van der Waals surface area contributed by atoms with Crippen LogP contribution < -0.4 is 4.74 Å². The van der Waals surface area contributed by atoms with Gasteiger partial charge >= 0.3 is 0 Å². The van der Waals surface area contributed by atoms with Crippen LogP contribution in [0.5, 0.6) is 11.5 Å². The van der Waals surface area contributed by atoms with E-state index in [-0.39, 0.29) is 12.4 Å². The average Bonchev–Trinajstić information content (AvgIpc) is 2.54. The number of aryl methyl sites for hydroxylation is 1. The molecule has 0 spiro atoms. The summed E-state index contributed by atoms with van der Waals surface area (Å²) < 4.78 is 5.36. The van der Waals surface area contributed by atoms with E-state index in [9.17, 15) is 5.11 Å². The van der Waals surface area contributed by atoms with Gasteiger partial charge in [-0.05, 0) is 60.2 Å². The number of benzene rings is 2. The van der Waals surface area contributed by atoms with E-state index in [0.29, 0.717) is 12.8 Å². The van der Waals surface area contributed by atoms with E-state index in [0.717, 1.165) is 34.4 Å². The summed E-state index contributed by atoms with van der Waals surface area (Å²) in [6.45, 7) is 3.94. The molecule has 3 nitrogen and oxygen atoms in total. The molecular weight excluding hydrogens is 276 g/mol. The Morgan fingerprint density at radius 1 is 1.18 bits per heavy atom. The molecule has 0 unspecified atom stereocenters. The van der Waals surface area contributed by atoms with Crippen LogP contribution >= 0.6 is 0 Å². The molecule has 2 aromatic rings. The minimum atomic E-state index is 0.169. The Kier molecular flexibility index (Phi) is 5.61. The topological polar surface area (TPSA) is 49.7 Å². The average molecular weight is 298 g/mol. The summed E-state index contributed by atoms with van der Waals surface area (Å²) in [5.41, 5.74) is 3.88. The standard InChI is InChI=1S/C19H22O3/c1-3-5-16-13-15(8-10-19(16)22-2)17-12-14(6-4-11-20)7-9-18(17)21/h3,7-10,12-13,20-21H,1,4-6,11H2,2H3. The highest BCUT2D eigenvalue weighted by molar-refractivity contribution is 5.72. The van der Waals surface area contributed by atoms with E-state index in [4.69, 9.17) is 9.84 Å². The molecule has 0 atom stereocenters. The number of allylic oxidation sites excluding steroid dienone is 1. The van der Waals surface area contributed by atoms with E-state index in [1.54, 1.807) is 13.2 Å². The molecule has 0 saturated carbocycles. The Morgan fingerprint density at radius 2 is 2.00 bits per heavy atom. The quantitative estimate of drug-likeness (QED) is 0.766. The second-order valence-corrected chi connectivity index (χ2v) is 5.20. The molecule has 0 bridgehead atoms. The van der Waals surface area contributed by atoms with Gasteiger partial charge in [0.2, 0.25) is 0 Å². The lowest BCUT2D eigenvalue weighted by Crippen LogP contribution is -1.93. The highest BCUT2D eigenvalue weighted by atomic mass is 16.5. The van der Waals surface area contributed by atoms with E-state index in [2.05, 4.69) is 6.58 Å². The third kappa shape index (κ3) is 3.68. The number of phenols is 1. The molecule has 0 radical (unpaired) electrons. The van der Waals surface area contributed by atoms with Gasteiger partial charge in [0, 0.05) is 12.2 Å². The monoisotopic (exact) mass is 298 g/mol. The Labute approximate surface area is 131 Å². The Balaban J connectivity index is 2.41. The number of aromatic hydroxyl groups is 1. The van der Waals surface area contributed by atoms with Gasteiger partial charge in [-0.1, -0.05) is 18.2 Å². The molecule has 0 aliphatic heterocycles. The zero-order valence-corrected chi connectivity index (χ0v) is 12.9. The molecule has 0 aromatic heterocycles. The van der Waals surface area contributed by atoms with E-state index < -0.39 is 0 Å². The molecule has 0 amide bonds. The number of hydrogen-bond acceptors (Lipinski definition) is 3. The summed E-state index contributed by atoms with van der Waals surface area (Å²) in [5.74, 6) is 1.07. The molecule has 3 heteroatoms. The summed E-state index contributed by atoms with van der Waals surface area (Å²) in [6.07, 6.45) is 4.05. The van der Waals surface area contributed by atoms with E-state index in [1.165, 1.54) is 0 Å². The molecule has 2 aromatic carbocycles. The van der Waals surface area contributed by atoms with Gasteiger partial charge in [0.15, 0.2) is 0 Å².